The second kappa shape index (κ2) is 4.03. The van der Waals surface area contributed by atoms with Crippen LogP contribution in [-0.4, -0.2) is 32.7 Å². The summed E-state index contributed by atoms with van der Waals surface area (Å²) in [6.07, 6.45) is 7.76. The van der Waals surface area contributed by atoms with Crippen molar-refractivity contribution in [3.05, 3.63) is 24.5 Å². The van der Waals surface area contributed by atoms with Crippen LogP contribution >= 0.6 is 0 Å². The van der Waals surface area contributed by atoms with E-state index in [-0.39, 0.29) is 42.0 Å². The van der Waals surface area contributed by atoms with Crippen LogP contribution < -0.4 is 4.90 Å². The van der Waals surface area contributed by atoms with Crippen LogP contribution in [0.4, 0.5) is 5.69 Å². The molecule has 7 nitrogen and oxygen atoms in total. The highest BCUT2D eigenvalue weighted by Gasteiger charge is 2.59. The molecule has 108 valence electrons. The molecule has 1 saturated carbocycles. The molecule has 21 heavy (non-hydrogen) atoms. The van der Waals surface area contributed by atoms with Crippen molar-refractivity contribution in [1.82, 2.24) is 9.78 Å². The predicted molar refractivity (Wildman–Crippen MR) is 70.1 cm³/mol. The first kappa shape index (κ1) is 12.3. The maximum atomic E-state index is 12.5. The quantitative estimate of drug-likeness (QED) is 0.636. The van der Waals surface area contributed by atoms with Gasteiger partial charge < -0.3 is 5.11 Å². The van der Waals surface area contributed by atoms with E-state index < -0.39 is 5.97 Å². The fourth-order valence-corrected chi connectivity index (χ4v) is 3.85. The number of nitrogens with zero attached hydrogens (tertiary/aromatic N) is 3. The van der Waals surface area contributed by atoms with Crippen LogP contribution in [0.3, 0.4) is 0 Å². The number of allylic oxidation sites excluding steroid dienone is 2. The Morgan fingerprint density at radius 2 is 1.86 bits per heavy atom. The van der Waals surface area contributed by atoms with Crippen LogP contribution in [0.1, 0.15) is 6.42 Å². The van der Waals surface area contributed by atoms with Crippen molar-refractivity contribution in [3.63, 3.8) is 0 Å². The van der Waals surface area contributed by atoms with Crippen LogP contribution in [-0.2, 0) is 20.9 Å². The van der Waals surface area contributed by atoms with Crippen molar-refractivity contribution in [3.8, 4) is 0 Å². The number of hydrogen-bond acceptors (Lipinski definition) is 4. The fraction of sp³-hybridized carbons (Fsp3) is 0.429. The molecule has 1 N–H and O–H groups in total. The molecule has 2 aliphatic carbocycles. The van der Waals surface area contributed by atoms with Crippen molar-refractivity contribution in [2.75, 3.05) is 4.90 Å². The van der Waals surface area contributed by atoms with Gasteiger partial charge in [-0.25, -0.2) is 4.90 Å². The second-order valence-corrected chi connectivity index (χ2v) is 5.80. The summed E-state index contributed by atoms with van der Waals surface area (Å²) in [5.41, 5.74) is 0.361. The first-order chi connectivity index (χ1) is 10.1. The summed E-state index contributed by atoms with van der Waals surface area (Å²) >= 11 is 0. The lowest BCUT2D eigenvalue weighted by Gasteiger charge is -2.14. The molecular weight excluding hydrogens is 274 g/mol. The first-order valence-corrected chi connectivity index (χ1v) is 6.86. The highest BCUT2D eigenvalue weighted by atomic mass is 16.4. The van der Waals surface area contributed by atoms with E-state index >= 15 is 0 Å². The Morgan fingerprint density at radius 3 is 2.43 bits per heavy atom. The van der Waals surface area contributed by atoms with Gasteiger partial charge in [0.15, 0.2) is 0 Å². The zero-order valence-electron chi connectivity index (χ0n) is 11.0. The normalized spacial score (nSPS) is 33.0. The van der Waals surface area contributed by atoms with Crippen LogP contribution in [0.25, 0.3) is 0 Å². The number of carboxylic acid groups (broad SMARTS) is 1. The molecular formula is C14H13N3O4. The van der Waals surface area contributed by atoms with Gasteiger partial charge in [0.25, 0.3) is 0 Å². The summed E-state index contributed by atoms with van der Waals surface area (Å²) in [6, 6.07) is 0. The number of rotatable bonds is 3. The summed E-state index contributed by atoms with van der Waals surface area (Å²) in [6.45, 7) is -0.296. The molecule has 0 radical (unpaired) electrons. The molecule has 0 spiro atoms. The number of fused-ring (bicyclic) bond motifs is 5. The number of hydrogen-bond donors (Lipinski definition) is 1. The van der Waals surface area contributed by atoms with Crippen molar-refractivity contribution >= 4 is 23.5 Å². The molecule has 2 bridgehead atoms. The maximum absolute atomic E-state index is 12.5. The smallest absolute Gasteiger partial charge is 0.325 e. The summed E-state index contributed by atoms with van der Waals surface area (Å²) in [4.78, 5) is 36.9. The zero-order chi connectivity index (χ0) is 14.7. The van der Waals surface area contributed by atoms with Crippen molar-refractivity contribution in [2.45, 2.75) is 13.0 Å². The molecule has 7 heteroatoms. The van der Waals surface area contributed by atoms with Crippen LogP contribution in [0.5, 0.6) is 0 Å². The molecule has 4 rings (SSSR count). The van der Waals surface area contributed by atoms with Crippen LogP contribution in [0, 0.1) is 23.7 Å². The third-order valence-electron chi connectivity index (χ3n) is 4.65. The van der Waals surface area contributed by atoms with Crippen LogP contribution in [0.2, 0.25) is 0 Å². The number of aromatic nitrogens is 2. The van der Waals surface area contributed by atoms with Gasteiger partial charge in [0.2, 0.25) is 11.8 Å². The minimum Gasteiger partial charge on any atom is -0.480 e. The van der Waals surface area contributed by atoms with Gasteiger partial charge in [-0.1, -0.05) is 12.2 Å². The highest BCUT2D eigenvalue weighted by molar-refractivity contribution is 6.22. The van der Waals surface area contributed by atoms with Gasteiger partial charge in [-0.15, -0.1) is 0 Å². The van der Waals surface area contributed by atoms with Crippen molar-refractivity contribution in [1.29, 1.82) is 0 Å². The van der Waals surface area contributed by atoms with E-state index in [2.05, 4.69) is 5.10 Å². The lowest BCUT2D eigenvalue weighted by Crippen LogP contribution is -2.32. The summed E-state index contributed by atoms with van der Waals surface area (Å²) < 4.78 is 1.21. The monoisotopic (exact) mass is 287 g/mol. The summed E-state index contributed by atoms with van der Waals surface area (Å²) in [5.74, 6) is -1.58. The minimum absolute atomic E-state index is 0.163. The first-order valence-electron chi connectivity index (χ1n) is 6.86. The second-order valence-electron chi connectivity index (χ2n) is 5.80. The Morgan fingerprint density at radius 1 is 1.24 bits per heavy atom. The number of carbonyl (C=O) groups is 3. The SMILES string of the molecule is O=C(O)Cn1cc(N2C(=O)C3C4C=CC(C4)C3C2=O)cn1. The number of imide groups is 1. The predicted octanol–water partition coefficient (Wildman–Crippen LogP) is 0.279. The third-order valence-corrected chi connectivity index (χ3v) is 4.65. The Kier molecular flexibility index (Phi) is 2.36. The Hall–Kier alpha value is -2.44. The molecule has 1 aliphatic heterocycles. The van der Waals surface area contributed by atoms with E-state index in [1.807, 2.05) is 12.2 Å². The lowest BCUT2D eigenvalue weighted by atomic mass is 9.85. The molecule has 4 unspecified atom stereocenters. The number of carboxylic acids is 1. The lowest BCUT2D eigenvalue weighted by molar-refractivity contribution is -0.138. The average molecular weight is 287 g/mol. The van der Waals surface area contributed by atoms with E-state index in [1.165, 1.54) is 22.0 Å². The average Bonchev–Trinajstić information content (AvgIpc) is 3.14. The Bertz CT molecular complexity index is 662. The molecule has 0 aromatic carbocycles. The maximum Gasteiger partial charge on any atom is 0.325 e. The molecule has 2 fully saturated rings. The van der Waals surface area contributed by atoms with E-state index in [9.17, 15) is 14.4 Å². The van der Waals surface area contributed by atoms with Gasteiger partial charge >= 0.3 is 5.97 Å². The number of amides is 2. The van der Waals surface area contributed by atoms with Gasteiger partial charge in [0.05, 0.1) is 23.7 Å². The van der Waals surface area contributed by atoms with Gasteiger partial charge in [-0.3, -0.25) is 19.1 Å². The van der Waals surface area contributed by atoms with E-state index in [0.29, 0.717) is 5.69 Å². The summed E-state index contributed by atoms with van der Waals surface area (Å²) in [5, 5.41) is 12.6. The largest absolute Gasteiger partial charge is 0.480 e. The van der Waals surface area contributed by atoms with E-state index in [1.54, 1.807) is 0 Å². The van der Waals surface area contributed by atoms with Gasteiger partial charge in [0.1, 0.15) is 6.54 Å². The zero-order valence-corrected chi connectivity index (χ0v) is 11.0. The highest BCUT2D eigenvalue weighted by Crippen LogP contribution is 2.53. The Balaban J connectivity index is 1.65. The van der Waals surface area contributed by atoms with Gasteiger partial charge in [-0.05, 0) is 18.3 Å². The van der Waals surface area contributed by atoms with Crippen LogP contribution in [0.15, 0.2) is 24.5 Å². The Labute approximate surface area is 119 Å². The molecule has 2 amide bonds. The number of carbonyl (C=O) groups excluding carboxylic acids is 2. The molecule has 1 aromatic rings. The van der Waals surface area contributed by atoms with Crippen molar-refractivity contribution in [2.24, 2.45) is 23.7 Å². The molecule has 3 aliphatic rings. The van der Waals surface area contributed by atoms with E-state index in [0.717, 1.165) is 6.42 Å². The molecule has 2 heterocycles. The summed E-state index contributed by atoms with van der Waals surface area (Å²) in [7, 11) is 0. The van der Waals surface area contributed by atoms with Crippen molar-refractivity contribution < 1.29 is 19.5 Å². The van der Waals surface area contributed by atoms with Gasteiger partial charge in [-0.2, -0.15) is 5.10 Å². The molecule has 1 aromatic heterocycles. The minimum atomic E-state index is -1.03. The van der Waals surface area contributed by atoms with Gasteiger partial charge in [0, 0.05) is 6.20 Å². The number of anilines is 1. The molecule has 1 saturated heterocycles. The number of aliphatic carboxylic acids is 1. The van der Waals surface area contributed by atoms with E-state index in [4.69, 9.17) is 5.11 Å². The topological polar surface area (TPSA) is 92.5 Å². The standard InChI is InChI=1S/C14H13N3O4/c18-10(19)6-16-5-9(4-15-16)17-13(20)11-7-1-2-8(3-7)12(11)14(17)21/h1-2,4-5,7-8,11-12H,3,6H2,(H,18,19). The molecule has 4 atom stereocenters. The third kappa shape index (κ3) is 1.60. The fourth-order valence-electron chi connectivity index (χ4n) is 3.85.